The molecule has 0 aliphatic carbocycles. The van der Waals surface area contributed by atoms with Gasteiger partial charge in [-0.2, -0.15) is 13.2 Å². The first-order valence-electron chi connectivity index (χ1n) is 28.0. The first-order valence-corrected chi connectivity index (χ1v) is 28.0. The van der Waals surface area contributed by atoms with Gasteiger partial charge in [-0.15, -0.1) is 5.10 Å². The van der Waals surface area contributed by atoms with Crippen LogP contribution in [-0.4, -0.2) is 144 Å². The minimum absolute atomic E-state index is 0.00967. The van der Waals surface area contributed by atoms with Crippen LogP contribution in [0.2, 0.25) is 0 Å². The van der Waals surface area contributed by atoms with Crippen molar-refractivity contribution < 1.29 is 71.7 Å². The number of ketones is 1. The summed E-state index contributed by atoms with van der Waals surface area (Å²) in [6, 6.07) is 2.95. The molecule has 20 nitrogen and oxygen atoms in total. The number of alkyl halides is 3. The molecule has 6 aliphatic heterocycles. The third kappa shape index (κ3) is 11.3. The summed E-state index contributed by atoms with van der Waals surface area (Å²) < 4.78 is 66.3. The minimum atomic E-state index is -4.55. The van der Waals surface area contributed by atoms with Crippen molar-refractivity contribution in [3.63, 3.8) is 0 Å². The van der Waals surface area contributed by atoms with Crippen molar-refractivity contribution in [2.24, 2.45) is 39.6 Å². The Bertz CT molecular complexity index is 3400. The predicted octanol–water partition coefficient (Wildman–Crippen LogP) is 6.75. The van der Waals surface area contributed by atoms with Gasteiger partial charge in [0.25, 0.3) is 11.7 Å². The maximum absolute atomic E-state index is 15.0. The number of aliphatic hydroxyl groups is 2. The van der Waals surface area contributed by atoms with Crippen molar-refractivity contribution in [1.82, 2.24) is 24.8 Å². The molecule has 6 aliphatic rings. The highest BCUT2D eigenvalue weighted by molar-refractivity contribution is 6.21. The number of carbonyl (C=O) groups excluding carboxylic acids is 4. The SMILES string of the molecule is CO[C@H]1/C=C/O[C@@]2(C)Oc3c(C)c(O)c4c(O)c(c5c(c4c3C2=O)NC2(CCN(CC(C)C)CC2)N=5)=NC(=O)/C(C)=C\C=C\[C@H](C)[C@H](O)[C@@H](C)[C@@H](O)[C@@H](C)[C@H](OC(=O)CC(=O)N2CCC(n3nnc4cc(C(F)(F)F)ccc43)CC2)[C@@H]1C. The highest BCUT2D eigenvalue weighted by Gasteiger charge is 2.51. The second-order valence-electron chi connectivity index (χ2n) is 23.4. The lowest BCUT2D eigenvalue weighted by molar-refractivity contribution is -0.165. The molecule has 0 saturated carbocycles. The molecule has 3 aromatic carbocycles. The Morgan fingerprint density at radius 3 is 2.28 bits per heavy atom. The summed E-state index contributed by atoms with van der Waals surface area (Å²) in [6.07, 6.45) is -0.605. The maximum atomic E-state index is 15.0. The Labute approximate surface area is 472 Å². The van der Waals surface area contributed by atoms with Crippen LogP contribution in [0, 0.1) is 36.5 Å². The summed E-state index contributed by atoms with van der Waals surface area (Å²) in [5, 5.41) is 59.5. The third-order valence-electron chi connectivity index (χ3n) is 17.1. The zero-order valence-electron chi connectivity index (χ0n) is 47.8. The number of amides is 2. The summed E-state index contributed by atoms with van der Waals surface area (Å²) in [5.74, 6) is -8.66. The second-order valence-corrected chi connectivity index (χ2v) is 23.4. The van der Waals surface area contributed by atoms with Gasteiger partial charge in [0, 0.05) is 99.8 Å². The van der Waals surface area contributed by atoms with E-state index in [2.05, 4.69) is 39.4 Å². The van der Waals surface area contributed by atoms with Crippen LogP contribution in [0.1, 0.15) is 115 Å². The number of fused-ring (bicyclic) bond motifs is 14. The van der Waals surface area contributed by atoms with Crippen LogP contribution in [0.3, 0.4) is 0 Å². The molecule has 10 rings (SSSR count). The van der Waals surface area contributed by atoms with Crippen LogP contribution < -0.4 is 20.8 Å². The van der Waals surface area contributed by atoms with Crippen molar-refractivity contribution in [1.29, 1.82) is 0 Å². The van der Waals surface area contributed by atoms with E-state index in [-0.39, 0.29) is 74.3 Å². The first-order chi connectivity index (χ1) is 38.7. The number of nitrogens with zero attached hydrogens (tertiary/aromatic N) is 7. The lowest BCUT2D eigenvalue weighted by Gasteiger charge is -2.38. The molecule has 0 unspecified atom stereocenters. The molecule has 7 heterocycles. The molecule has 5 bridgehead atoms. The van der Waals surface area contributed by atoms with Gasteiger partial charge in [-0.25, -0.2) is 9.67 Å². The molecule has 1 aromatic heterocycles. The van der Waals surface area contributed by atoms with Crippen LogP contribution in [0.4, 0.5) is 18.9 Å². The molecule has 442 valence electrons. The van der Waals surface area contributed by atoms with E-state index in [0.29, 0.717) is 50.2 Å². The highest BCUT2D eigenvalue weighted by Crippen LogP contribution is 2.51. The maximum Gasteiger partial charge on any atom is 0.416 e. The minimum Gasteiger partial charge on any atom is -0.507 e. The van der Waals surface area contributed by atoms with Crippen LogP contribution in [0.15, 0.2) is 64.3 Å². The normalized spacial score (nSPS) is 29.0. The van der Waals surface area contributed by atoms with E-state index in [1.807, 2.05) is 0 Å². The average Bonchev–Trinajstić information content (AvgIpc) is 2.94. The Hall–Kier alpha value is -6.95. The van der Waals surface area contributed by atoms with Gasteiger partial charge in [-0.05, 0) is 56.9 Å². The number of carbonyl (C=O) groups is 4. The standard InChI is InChI=1S/C59H73F3N8O12/c1-29(2)28-68-23-19-58(20-24-68)64-46-43-44-51(75)35(8)54-45(43)55(77)57(9,82-54)80-25-18-40(79-10)32(5)53(34(7)50(74)33(6)49(73)30(3)12-11-13-31(4)56(78)63-48(52(44)76)47(46)65-58)81-42(72)27-41(71)69-21-16-37(17-22-69)70-39-15-14-36(59(60,61)62)26-38(39)66-67-70/h11-15,18,25-26,29-30,32-34,37,40,49-50,53,64,73-76H,16-17,19-24,27-28H2,1-10H3/b12-11+,25-18+,31-13-,63-48?/t30-,32+,33+,34+,40-,49-,50+,53+,57-/m0/s1. The van der Waals surface area contributed by atoms with Crippen LogP contribution in [0.5, 0.6) is 17.2 Å². The van der Waals surface area contributed by atoms with E-state index in [0.717, 1.165) is 18.7 Å². The predicted molar refractivity (Wildman–Crippen MR) is 294 cm³/mol. The molecule has 5 N–H and O–H groups in total. The summed E-state index contributed by atoms with van der Waals surface area (Å²) in [6.45, 7) is 18.1. The number of hydrogen-bond acceptors (Lipinski definition) is 17. The number of methoxy groups -OCH3 is 1. The number of aromatic hydroxyl groups is 2. The number of anilines is 1. The quantitative estimate of drug-likeness (QED) is 0.0729. The number of phenolic OH excluding ortho intramolecular Hbond substituents is 2. The number of benzene rings is 3. The lowest BCUT2D eigenvalue weighted by Crippen LogP contribution is -2.47. The topological polar surface area (TPSA) is 260 Å². The molecule has 0 radical (unpaired) electrons. The number of aromatic nitrogens is 3. The van der Waals surface area contributed by atoms with Crippen molar-refractivity contribution in [2.75, 3.05) is 45.2 Å². The Kier molecular flexibility index (Phi) is 16.7. The second kappa shape index (κ2) is 23.0. The molecule has 23 heteroatoms. The zero-order valence-corrected chi connectivity index (χ0v) is 47.8. The smallest absolute Gasteiger partial charge is 0.416 e. The van der Waals surface area contributed by atoms with Gasteiger partial charge < -0.3 is 54.5 Å². The third-order valence-corrected chi connectivity index (χ3v) is 17.1. The van der Waals surface area contributed by atoms with E-state index < -0.39 is 113 Å². The van der Waals surface area contributed by atoms with Crippen molar-refractivity contribution >= 4 is 51.1 Å². The van der Waals surface area contributed by atoms with Crippen LogP contribution in [-0.2, 0) is 34.8 Å². The van der Waals surface area contributed by atoms with E-state index in [1.165, 1.54) is 57.3 Å². The molecule has 82 heavy (non-hydrogen) atoms. The summed E-state index contributed by atoms with van der Waals surface area (Å²) in [5.41, 5.74) is -0.741. The molecular weight excluding hydrogens is 1070 g/mol. The fourth-order valence-corrected chi connectivity index (χ4v) is 12.2. The number of ether oxygens (including phenoxy) is 4. The van der Waals surface area contributed by atoms with E-state index in [1.54, 1.807) is 44.5 Å². The first kappa shape index (κ1) is 59.7. The highest BCUT2D eigenvalue weighted by atomic mass is 19.4. The Morgan fingerprint density at radius 1 is 0.927 bits per heavy atom. The number of likely N-dealkylation sites (tertiary alicyclic amines) is 2. The van der Waals surface area contributed by atoms with Gasteiger partial charge >= 0.3 is 17.9 Å². The number of aliphatic hydroxyl groups excluding tert-OH is 2. The number of halogens is 3. The van der Waals surface area contributed by atoms with Gasteiger partial charge in [0.15, 0.2) is 5.75 Å². The molecule has 9 atom stereocenters. The van der Waals surface area contributed by atoms with Crippen LogP contribution >= 0.6 is 0 Å². The molecule has 2 saturated heterocycles. The average molecular weight is 1140 g/mol. The number of rotatable bonds is 7. The molecule has 2 amide bonds. The Balaban J connectivity index is 1.02. The zero-order chi connectivity index (χ0) is 59.5. The van der Waals surface area contributed by atoms with Crippen molar-refractivity contribution in [2.45, 2.75) is 143 Å². The van der Waals surface area contributed by atoms with E-state index in [9.17, 15) is 48.0 Å². The van der Waals surface area contributed by atoms with Gasteiger partial charge in [-0.3, -0.25) is 24.2 Å². The van der Waals surface area contributed by atoms with Crippen molar-refractivity contribution in [3.05, 3.63) is 81.7 Å². The number of Topliss-reactive ketones (excluding diaryl/α,β-unsaturated/α-hetero) is 1. The van der Waals surface area contributed by atoms with E-state index in [4.69, 9.17) is 23.9 Å². The van der Waals surface area contributed by atoms with Crippen molar-refractivity contribution in [3.8, 4) is 17.2 Å². The fourth-order valence-electron chi connectivity index (χ4n) is 12.2. The number of allylic oxidation sites excluding steroid dienone is 2. The number of nitrogens with one attached hydrogen (secondary N) is 1. The number of esters is 1. The summed E-state index contributed by atoms with van der Waals surface area (Å²) in [7, 11) is 1.40. The monoisotopic (exact) mass is 1140 g/mol. The van der Waals surface area contributed by atoms with Gasteiger partial charge in [0.1, 0.15) is 45.9 Å². The summed E-state index contributed by atoms with van der Waals surface area (Å²) in [4.78, 5) is 70.3. The van der Waals surface area contributed by atoms with Gasteiger partial charge in [0.05, 0.1) is 58.3 Å². The van der Waals surface area contributed by atoms with Crippen LogP contribution in [0.25, 0.3) is 21.8 Å². The summed E-state index contributed by atoms with van der Waals surface area (Å²) >= 11 is 0. The molecule has 2 fully saturated rings. The van der Waals surface area contributed by atoms with Gasteiger partial charge in [0.2, 0.25) is 5.91 Å². The Morgan fingerprint density at radius 2 is 1.62 bits per heavy atom. The molecular formula is C59H73F3N8O12. The molecule has 4 aromatic rings. The van der Waals surface area contributed by atoms with E-state index >= 15 is 4.79 Å². The largest absolute Gasteiger partial charge is 0.507 e. The molecule has 1 spiro atoms. The lowest BCUT2D eigenvalue weighted by atomic mass is 9.78. The number of phenols is 2. The van der Waals surface area contributed by atoms with Gasteiger partial charge in [-0.1, -0.05) is 65.0 Å². The fraction of sp³-hybridized carbons (Fsp3) is 0.559. The number of hydrogen-bond donors (Lipinski definition) is 5. The number of piperidine rings is 2.